The molecule has 0 aliphatic heterocycles. The molecule has 0 bridgehead atoms. The molecule has 0 spiro atoms. The van der Waals surface area contributed by atoms with E-state index in [0.29, 0.717) is 23.4 Å². The van der Waals surface area contributed by atoms with Gasteiger partial charge >= 0.3 is 5.97 Å². The summed E-state index contributed by atoms with van der Waals surface area (Å²) in [7, 11) is 0. The number of benzene rings is 1. The van der Waals surface area contributed by atoms with E-state index in [2.05, 4.69) is 25.2 Å². The van der Waals surface area contributed by atoms with Crippen molar-refractivity contribution in [2.24, 2.45) is 28.6 Å². The van der Waals surface area contributed by atoms with Crippen LogP contribution in [0.1, 0.15) is 69.9 Å². The Hall–Kier alpha value is -2.74. The summed E-state index contributed by atoms with van der Waals surface area (Å²) in [6, 6.07) is 6.73. The number of fused-ring (bicyclic) bond motifs is 7. The normalized spacial score (nSPS) is 34.5. The Kier molecular flexibility index (Phi) is 5.52. The summed E-state index contributed by atoms with van der Waals surface area (Å²) in [6.45, 7) is 6.35. The van der Waals surface area contributed by atoms with E-state index in [1.54, 1.807) is 29.5 Å². The first-order valence-corrected chi connectivity index (χ1v) is 13.9. The van der Waals surface area contributed by atoms with E-state index < -0.39 is 0 Å². The number of allylic oxidation sites excluding steroid dienone is 2. The van der Waals surface area contributed by atoms with Crippen LogP contribution in [-0.4, -0.2) is 22.0 Å². The quantitative estimate of drug-likeness (QED) is 0.274. The summed E-state index contributed by atoms with van der Waals surface area (Å²) in [5, 5.41) is 15.4. The van der Waals surface area contributed by atoms with E-state index in [1.807, 2.05) is 0 Å². The van der Waals surface area contributed by atoms with Gasteiger partial charge < -0.3 is 10.1 Å². The number of para-hydroxylation sites is 2. The number of ether oxygens (including phenoxy) is 1. The van der Waals surface area contributed by atoms with Gasteiger partial charge in [0, 0.05) is 18.4 Å². The van der Waals surface area contributed by atoms with Crippen molar-refractivity contribution in [1.82, 2.24) is 4.98 Å². The third-order valence-electron chi connectivity index (χ3n) is 9.85. The number of rotatable bonds is 4. The Morgan fingerprint density at radius 2 is 2.00 bits per heavy atom. The summed E-state index contributed by atoms with van der Waals surface area (Å²) < 4.78 is 5.81. The Morgan fingerprint density at radius 1 is 1.19 bits per heavy atom. The fourth-order valence-corrected chi connectivity index (χ4v) is 9.33. The molecule has 7 nitrogen and oxygen atoms in total. The number of nitro benzene ring substituents is 1. The number of nitro groups is 1. The molecule has 2 saturated carbocycles. The number of aryl methyl sites for hydroxylation is 1. The molecule has 1 N–H and O–H groups in total. The van der Waals surface area contributed by atoms with Gasteiger partial charge in [0.1, 0.15) is 11.8 Å². The molecule has 2 fully saturated rings. The number of aromatic nitrogens is 1. The molecule has 4 aliphatic rings. The molecule has 6 rings (SSSR count). The summed E-state index contributed by atoms with van der Waals surface area (Å²) in [5.41, 5.74) is 3.27. The van der Waals surface area contributed by atoms with Crippen molar-refractivity contribution in [1.29, 1.82) is 0 Å². The second kappa shape index (κ2) is 8.40. The van der Waals surface area contributed by atoms with Gasteiger partial charge in [0.05, 0.1) is 15.5 Å². The van der Waals surface area contributed by atoms with Gasteiger partial charge in [0.25, 0.3) is 5.69 Å². The molecule has 190 valence electrons. The second-order valence-corrected chi connectivity index (χ2v) is 12.6. The first kappa shape index (κ1) is 23.6. The zero-order valence-electron chi connectivity index (χ0n) is 21.1. The lowest BCUT2D eigenvalue weighted by molar-refractivity contribution is -0.383. The molecule has 1 aromatic carbocycles. The summed E-state index contributed by atoms with van der Waals surface area (Å²) in [6.07, 6.45) is 10.00. The van der Waals surface area contributed by atoms with E-state index in [4.69, 9.17) is 9.72 Å². The van der Waals surface area contributed by atoms with Crippen molar-refractivity contribution in [3.63, 3.8) is 0 Å². The van der Waals surface area contributed by atoms with Gasteiger partial charge in [-0.1, -0.05) is 43.4 Å². The van der Waals surface area contributed by atoms with Crippen molar-refractivity contribution in [3.8, 4) is 0 Å². The van der Waals surface area contributed by atoms with Crippen LogP contribution in [0, 0.1) is 38.7 Å². The van der Waals surface area contributed by atoms with Gasteiger partial charge in [0.15, 0.2) is 5.13 Å². The van der Waals surface area contributed by atoms with Crippen LogP contribution in [0.2, 0.25) is 0 Å². The molecule has 0 amide bonds. The number of hydrogen-bond acceptors (Lipinski definition) is 7. The van der Waals surface area contributed by atoms with Crippen molar-refractivity contribution >= 4 is 39.4 Å². The van der Waals surface area contributed by atoms with E-state index in [-0.39, 0.29) is 33.5 Å². The lowest BCUT2D eigenvalue weighted by atomic mass is 9.48. The monoisotopic (exact) mass is 507 g/mol. The van der Waals surface area contributed by atoms with Crippen LogP contribution in [-0.2, 0) is 16.0 Å². The van der Waals surface area contributed by atoms with Crippen molar-refractivity contribution in [3.05, 3.63) is 51.0 Å². The maximum absolute atomic E-state index is 11.7. The summed E-state index contributed by atoms with van der Waals surface area (Å²) in [4.78, 5) is 29.0. The fourth-order valence-electron chi connectivity index (χ4n) is 8.13. The highest BCUT2D eigenvalue weighted by molar-refractivity contribution is 7.16. The molecule has 0 radical (unpaired) electrons. The maximum atomic E-state index is 11.7. The fraction of sp³-hybridized carbons (Fsp3) is 0.571. The number of nitrogens with one attached hydrogen (secondary N) is 1. The molecule has 8 heteroatoms. The molecule has 4 aliphatic carbocycles. The number of hydrogen-bond donors (Lipinski definition) is 1. The average molecular weight is 508 g/mol. The number of esters is 1. The Labute approximate surface area is 215 Å². The standard InChI is InChI=1S/C28H33N3O4S/c1-16(32)35-24-11-10-18-17-8-9-20-25-22(13-15-27(20,2)19(17)12-14-28(18,24)3)30-26(36-25)29-21-6-4-5-7-23(21)31(33)34/h4-7,9,17-19,24H,8,10-15H2,1-3H3,(H,29,30)/t17-,18-,19-,24-,27+,28-/m0/s1. The molecule has 2 aromatic rings. The van der Waals surface area contributed by atoms with Crippen LogP contribution in [0.3, 0.4) is 0 Å². The minimum Gasteiger partial charge on any atom is -0.462 e. The molecule has 0 saturated heterocycles. The Morgan fingerprint density at radius 3 is 2.78 bits per heavy atom. The van der Waals surface area contributed by atoms with Crippen LogP contribution in [0.4, 0.5) is 16.5 Å². The molecule has 1 aromatic heterocycles. The largest absolute Gasteiger partial charge is 0.462 e. The number of nitrogens with zero attached hydrogens (tertiary/aromatic N) is 2. The smallest absolute Gasteiger partial charge is 0.302 e. The predicted octanol–water partition coefficient (Wildman–Crippen LogP) is 6.91. The van der Waals surface area contributed by atoms with Crippen LogP contribution in [0.5, 0.6) is 0 Å². The van der Waals surface area contributed by atoms with Crippen LogP contribution in [0.15, 0.2) is 30.3 Å². The summed E-state index contributed by atoms with van der Waals surface area (Å²) in [5.74, 6) is 1.68. The highest BCUT2D eigenvalue weighted by Gasteiger charge is 2.59. The van der Waals surface area contributed by atoms with Gasteiger partial charge in [-0.15, -0.1) is 0 Å². The van der Waals surface area contributed by atoms with Crippen LogP contribution >= 0.6 is 11.3 Å². The van der Waals surface area contributed by atoms with Gasteiger partial charge in [-0.25, -0.2) is 4.98 Å². The van der Waals surface area contributed by atoms with Crippen molar-refractivity contribution in [2.75, 3.05) is 5.32 Å². The van der Waals surface area contributed by atoms with Gasteiger partial charge in [-0.2, -0.15) is 0 Å². The topological polar surface area (TPSA) is 94.4 Å². The lowest BCUT2D eigenvalue weighted by Crippen LogP contribution is -2.50. The van der Waals surface area contributed by atoms with E-state index in [1.165, 1.54) is 29.9 Å². The highest BCUT2D eigenvalue weighted by Crippen LogP contribution is 2.66. The van der Waals surface area contributed by atoms with Crippen LogP contribution < -0.4 is 5.32 Å². The molecular formula is C28H33N3O4S. The lowest BCUT2D eigenvalue weighted by Gasteiger charge is -2.56. The SMILES string of the molecule is CC(=O)O[C@H]1CC[C@H]2[C@@H]3CC=C4c5sc(Nc6ccccc6[N+](=O)[O-])nc5CC[C@]4(C)[C@H]3CC[C@]12C. The zero-order chi connectivity index (χ0) is 25.2. The molecule has 0 unspecified atom stereocenters. The molecule has 6 atom stereocenters. The number of carbonyl (C=O) groups is 1. The van der Waals surface area contributed by atoms with E-state index in [9.17, 15) is 14.9 Å². The second-order valence-electron chi connectivity index (χ2n) is 11.6. The Balaban J connectivity index is 1.29. The molecule has 1 heterocycles. The number of thiazole rings is 1. The van der Waals surface area contributed by atoms with Gasteiger partial charge in [0.2, 0.25) is 0 Å². The first-order valence-electron chi connectivity index (χ1n) is 13.1. The number of anilines is 2. The molecule has 36 heavy (non-hydrogen) atoms. The minimum absolute atomic E-state index is 0.0502. The van der Waals surface area contributed by atoms with Crippen LogP contribution in [0.25, 0.3) is 5.57 Å². The van der Waals surface area contributed by atoms with E-state index >= 15 is 0 Å². The third kappa shape index (κ3) is 3.51. The molecular weight excluding hydrogens is 474 g/mol. The third-order valence-corrected chi connectivity index (χ3v) is 10.9. The van der Waals surface area contributed by atoms with Gasteiger partial charge in [-0.3, -0.25) is 14.9 Å². The number of carbonyl (C=O) groups excluding carboxylic acids is 1. The summed E-state index contributed by atoms with van der Waals surface area (Å²) >= 11 is 1.63. The highest BCUT2D eigenvalue weighted by atomic mass is 32.1. The first-order chi connectivity index (χ1) is 17.2. The maximum Gasteiger partial charge on any atom is 0.302 e. The van der Waals surface area contributed by atoms with E-state index in [0.717, 1.165) is 49.4 Å². The van der Waals surface area contributed by atoms with Crippen molar-refractivity contribution in [2.45, 2.75) is 71.8 Å². The predicted molar refractivity (Wildman–Crippen MR) is 140 cm³/mol. The van der Waals surface area contributed by atoms with Crippen molar-refractivity contribution < 1.29 is 14.5 Å². The minimum atomic E-state index is -0.359. The average Bonchev–Trinajstić information content (AvgIpc) is 3.39. The zero-order valence-corrected chi connectivity index (χ0v) is 21.9. The van der Waals surface area contributed by atoms with Gasteiger partial charge in [-0.05, 0) is 79.8 Å². The Bertz CT molecular complexity index is 1270.